The second-order valence-electron chi connectivity index (χ2n) is 5.42. The van der Waals surface area contributed by atoms with E-state index in [4.69, 9.17) is 5.73 Å². The van der Waals surface area contributed by atoms with Gasteiger partial charge in [-0.15, -0.1) is 0 Å². The lowest BCUT2D eigenvalue weighted by Crippen LogP contribution is -2.31. The van der Waals surface area contributed by atoms with E-state index in [-0.39, 0.29) is 11.8 Å². The Hall–Kier alpha value is -1.58. The number of aliphatic carboxylic acids is 1. The molecule has 98 valence electrons. The minimum absolute atomic E-state index is 0.212. The lowest BCUT2D eigenvalue weighted by atomic mass is 9.72. The first kappa shape index (κ1) is 12.9. The zero-order valence-electron chi connectivity index (χ0n) is 10.7. The molecule has 0 spiro atoms. The molecule has 3 atom stereocenters. The lowest BCUT2D eigenvalue weighted by Gasteiger charge is -2.32. The predicted octanol–water partition coefficient (Wildman–Crippen LogP) is 2.34. The molecule has 0 saturated heterocycles. The highest BCUT2D eigenvalue weighted by atomic mass is 16.4. The zero-order chi connectivity index (χ0) is 13.1. The molecule has 1 heterocycles. The van der Waals surface area contributed by atoms with Gasteiger partial charge >= 0.3 is 5.97 Å². The monoisotopic (exact) mass is 248 g/mol. The van der Waals surface area contributed by atoms with E-state index in [1.54, 1.807) is 6.20 Å². The van der Waals surface area contributed by atoms with Crippen LogP contribution in [0.1, 0.15) is 31.7 Å². The van der Waals surface area contributed by atoms with E-state index in [0.29, 0.717) is 11.7 Å². The maximum Gasteiger partial charge on any atom is 0.306 e. The molecular formula is C14H20N2O2. The summed E-state index contributed by atoms with van der Waals surface area (Å²) in [5.74, 6) is 0.464. The summed E-state index contributed by atoms with van der Waals surface area (Å²) in [6.07, 6.45) is 5.27. The molecule has 0 bridgehead atoms. The van der Waals surface area contributed by atoms with Crippen LogP contribution in [0.4, 0.5) is 5.82 Å². The van der Waals surface area contributed by atoms with Crippen molar-refractivity contribution in [3.63, 3.8) is 0 Å². The van der Waals surface area contributed by atoms with Crippen LogP contribution in [0.2, 0.25) is 0 Å². The molecule has 3 N–H and O–H groups in total. The Kier molecular flexibility index (Phi) is 3.84. The van der Waals surface area contributed by atoms with E-state index in [0.717, 1.165) is 31.2 Å². The second-order valence-corrected chi connectivity index (χ2v) is 5.42. The number of carbonyl (C=O) groups is 1. The van der Waals surface area contributed by atoms with Crippen molar-refractivity contribution in [3.8, 4) is 0 Å². The minimum atomic E-state index is -0.658. The molecule has 2 rings (SSSR count). The molecule has 0 aromatic carbocycles. The van der Waals surface area contributed by atoms with Crippen molar-refractivity contribution in [2.24, 2.45) is 17.8 Å². The van der Waals surface area contributed by atoms with E-state index in [2.05, 4.69) is 11.9 Å². The van der Waals surface area contributed by atoms with Gasteiger partial charge in [0.05, 0.1) is 5.92 Å². The number of nitrogen functional groups attached to an aromatic ring is 1. The number of aromatic nitrogens is 1. The molecule has 1 aliphatic rings. The Morgan fingerprint density at radius 2 is 2.33 bits per heavy atom. The minimum Gasteiger partial charge on any atom is -0.481 e. The van der Waals surface area contributed by atoms with Gasteiger partial charge in [-0.05, 0) is 55.2 Å². The normalized spacial score (nSPS) is 27.9. The third-order valence-electron chi connectivity index (χ3n) is 3.91. The van der Waals surface area contributed by atoms with Crippen molar-refractivity contribution < 1.29 is 9.90 Å². The maximum absolute atomic E-state index is 11.3. The molecule has 1 aromatic heterocycles. The molecule has 1 fully saturated rings. The van der Waals surface area contributed by atoms with Crippen molar-refractivity contribution >= 4 is 11.8 Å². The number of hydrogen-bond acceptors (Lipinski definition) is 3. The standard InChI is InChI=1S/C14H20N2O2/c1-9-2-3-12(14(17)18)11(6-9)7-10-4-5-16-13(15)8-10/h4-5,8-9,11-12H,2-3,6-7H2,1H3,(H2,15,16)(H,17,18). The first-order valence-electron chi connectivity index (χ1n) is 6.49. The Bertz CT molecular complexity index is 434. The molecule has 1 aromatic rings. The maximum atomic E-state index is 11.3. The van der Waals surface area contributed by atoms with Gasteiger partial charge in [-0.1, -0.05) is 6.92 Å². The molecule has 0 radical (unpaired) electrons. The van der Waals surface area contributed by atoms with Gasteiger partial charge in [0.15, 0.2) is 0 Å². The van der Waals surface area contributed by atoms with Gasteiger partial charge in [0.2, 0.25) is 0 Å². The van der Waals surface area contributed by atoms with Gasteiger partial charge in [-0.25, -0.2) is 4.98 Å². The predicted molar refractivity (Wildman–Crippen MR) is 70.0 cm³/mol. The quantitative estimate of drug-likeness (QED) is 0.860. The third kappa shape index (κ3) is 3.00. The molecule has 1 aliphatic carbocycles. The molecule has 4 nitrogen and oxygen atoms in total. The Labute approximate surface area is 107 Å². The highest BCUT2D eigenvalue weighted by Gasteiger charge is 2.33. The zero-order valence-corrected chi connectivity index (χ0v) is 10.7. The largest absolute Gasteiger partial charge is 0.481 e. The Morgan fingerprint density at radius 3 is 3.00 bits per heavy atom. The van der Waals surface area contributed by atoms with Gasteiger partial charge in [0.25, 0.3) is 0 Å². The van der Waals surface area contributed by atoms with E-state index in [1.807, 2.05) is 12.1 Å². The summed E-state index contributed by atoms with van der Waals surface area (Å²) >= 11 is 0. The summed E-state index contributed by atoms with van der Waals surface area (Å²) in [5, 5.41) is 9.29. The second kappa shape index (κ2) is 5.38. The number of pyridine rings is 1. The fourth-order valence-electron chi connectivity index (χ4n) is 2.97. The van der Waals surface area contributed by atoms with Crippen LogP contribution in [-0.4, -0.2) is 16.1 Å². The summed E-state index contributed by atoms with van der Waals surface area (Å²) in [4.78, 5) is 15.3. The number of carboxylic acid groups (broad SMARTS) is 1. The van der Waals surface area contributed by atoms with Crippen LogP contribution < -0.4 is 5.73 Å². The number of rotatable bonds is 3. The SMILES string of the molecule is CC1CCC(C(=O)O)C(Cc2ccnc(N)c2)C1. The van der Waals surface area contributed by atoms with Crippen molar-refractivity contribution in [1.82, 2.24) is 4.98 Å². The average Bonchev–Trinajstić information content (AvgIpc) is 2.28. The van der Waals surface area contributed by atoms with Crippen molar-refractivity contribution in [1.29, 1.82) is 0 Å². The summed E-state index contributed by atoms with van der Waals surface area (Å²) in [5.41, 5.74) is 6.75. The first-order chi connectivity index (χ1) is 8.56. The molecule has 4 heteroatoms. The van der Waals surface area contributed by atoms with Crippen LogP contribution in [0, 0.1) is 17.8 Å². The Morgan fingerprint density at radius 1 is 1.56 bits per heavy atom. The van der Waals surface area contributed by atoms with Gasteiger partial charge in [-0.3, -0.25) is 4.79 Å². The first-order valence-corrected chi connectivity index (χ1v) is 6.49. The van der Waals surface area contributed by atoms with Crippen LogP contribution in [0.15, 0.2) is 18.3 Å². The summed E-state index contributed by atoms with van der Waals surface area (Å²) in [6.45, 7) is 2.20. The number of nitrogens with two attached hydrogens (primary N) is 1. The van der Waals surface area contributed by atoms with E-state index < -0.39 is 5.97 Å². The van der Waals surface area contributed by atoms with E-state index in [1.165, 1.54) is 0 Å². The molecule has 1 saturated carbocycles. The average molecular weight is 248 g/mol. The number of carboxylic acids is 1. The topological polar surface area (TPSA) is 76.2 Å². The van der Waals surface area contributed by atoms with Crippen molar-refractivity contribution in [2.75, 3.05) is 5.73 Å². The highest BCUT2D eigenvalue weighted by molar-refractivity contribution is 5.70. The van der Waals surface area contributed by atoms with Crippen LogP contribution in [-0.2, 0) is 11.2 Å². The molecule has 18 heavy (non-hydrogen) atoms. The highest BCUT2D eigenvalue weighted by Crippen LogP contribution is 2.36. The smallest absolute Gasteiger partial charge is 0.306 e. The number of nitrogens with zero attached hydrogens (tertiary/aromatic N) is 1. The lowest BCUT2D eigenvalue weighted by molar-refractivity contribution is -0.145. The summed E-state index contributed by atoms with van der Waals surface area (Å²) in [6, 6.07) is 3.77. The number of hydrogen-bond donors (Lipinski definition) is 2. The van der Waals surface area contributed by atoms with Crippen LogP contribution in [0.5, 0.6) is 0 Å². The van der Waals surface area contributed by atoms with Crippen LogP contribution in [0.25, 0.3) is 0 Å². The van der Waals surface area contributed by atoms with Crippen molar-refractivity contribution in [2.45, 2.75) is 32.6 Å². The molecule has 0 aliphatic heterocycles. The van der Waals surface area contributed by atoms with Gasteiger partial charge in [0, 0.05) is 6.20 Å². The summed E-state index contributed by atoms with van der Waals surface area (Å²) in [7, 11) is 0. The molecular weight excluding hydrogens is 228 g/mol. The summed E-state index contributed by atoms with van der Waals surface area (Å²) < 4.78 is 0. The fourth-order valence-corrected chi connectivity index (χ4v) is 2.97. The van der Waals surface area contributed by atoms with Gasteiger partial charge in [-0.2, -0.15) is 0 Å². The van der Waals surface area contributed by atoms with Crippen LogP contribution in [0.3, 0.4) is 0 Å². The van der Waals surface area contributed by atoms with Gasteiger partial charge in [0.1, 0.15) is 5.82 Å². The van der Waals surface area contributed by atoms with E-state index in [9.17, 15) is 9.90 Å². The van der Waals surface area contributed by atoms with E-state index >= 15 is 0 Å². The number of anilines is 1. The fraction of sp³-hybridized carbons (Fsp3) is 0.571. The Balaban J connectivity index is 2.11. The molecule has 0 amide bonds. The van der Waals surface area contributed by atoms with Gasteiger partial charge < -0.3 is 10.8 Å². The van der Waals surface area contributed by atoms with Crippen LogP contribution >= 0.6 is 0 Å². The third-order valence-corrected chi connectivity index (χ3v) is 3.91. The van der Waals surface area contributed by atoms with Crippen molar-refractivity contribution in [3.05, 3.63) is 23.9 Å². The molecule has 3 unspecified atom stereocenters.